The van der Waals surface area contributed by atoms with Crippen LogP contribution in [0.3, 0.4) is 0 Å². The number of benzene rings is 1. The summed E-state index contributed by atoms with van der Waals surface area (Å²) in [7, 11) is -3.78. The van der Waals surface area contributed by atoms with Gasteiger partial charge in [0.25, 0.3) is 10.0 Å². The van der Waals surface area contributed by atoms with E-state index in [1.165, 1.54) is 28.6 Å². The number of para-hydroxylation sites is 1. The number of thiophene rings is 1. The fourth-order valence-corrected chi connectivity index (χ4v) is 6.12. The van der Waals surface area contributed by atoms with E-state index in [1.807, 2.05) is 0 Å². The van der Waals surface area contributed by atoms with E-state index in [0.29, 0.717) is 36.7 Å². The molecule has 0 bridgehead atoms. The summed E-state index contributed by atoms with van der Waals surface area (Å²) in [5.74, 6) is -0.776. The van der Waals surface area contributed by atoms with Crippen LogP contribution in [0.25, 0.3) is 11.4 Å². The Morgan fingerprint density at radius 2 is 2.17 bits per heavy atom. The van der Waals surface area contributed by atoms with E-state index in [4.69, 9.17) is 4.52 Å². The number of amides is 1. The van der Waals surface area contributed by atoms with Crippen LogP contribution >= 0.6 is 11.3 Å². The first kappa shape index (κ1) is 20.6. The number of aryl methyl sites for hydroxylation is 1. The molecule has 30 heavy (non-hydrogen) atoms. The highest BCUT2D eigenvalue weighted by atomic mass is 32.2. The van der Waals surface area contributed by atoms with E-state index in [1.54, 1.807) is 18.4 Å². The predicted molar refractivity (Wildman–Crippen MR) is 109 cm³/mol. The molecule has 0 spiro atoms. The number of rotatable bonds is 5. The van der Waals surface area contributed by atoms with Crippen LogP contribution in [-0.4, -0.2) is 41.9 Å². The number of hydrogen-bond donors (Lipinski definition) is 1. The van der Waals surface area contributed by atoms with E-state index in [-0.39, 0.29) is 16.4 Å². The molecule has 11 heteroatoms. The van der Waals surface area contributed by atoms with Crippen LogP contribution in [0.4, 0.5) is 10.1 Å². The minimum absolute atomic E-state index is 0.0389. The molecule has 1 saturated heterocycles. The molecule has 158 valence electrons. The van der Waals surface area contributed by atoms with Gasteiger partial charge in [0, 0.05) is 31.0 Å². The number of piperidine rings is 1. The Bertz CT molecular complexity index is 1170. The third-order valence-electron chi connectivity index (χ3n) is 4.84. The maximum Gasteiger partial charge on any atom is 0.252 e. The molecule has 1 amide bonds. The van der Waals surface area contributed by atoms with Crippen LogP contribution in [0.2, 0.25) is 0 Å². The largest absolute Gasteiger partial charge is 0.339 e. The SMILES string of the molecule is Cc1nc(-c2csc(S(=O)(=O)N3CCC[C@@H](C(=O)Nc4ccccc4F)C3)c2)no1. The number of carbonyl (C=O) groups excluding carboxylic acids is 1. The molecule has 1 atom stereocenters. The highest BCUT2D eigenvalue weighted by Crippen LogP contribution is 2.31. The average molecular weight is 451 g/mol. The quantitative estimate of drug-likeness (QED) is 0.640. The maximum atomic E-state index is 13.8. The van der Waals surface area contributed by atoms with Gasteiger partial charge in [-0.2, -0.15) is 9.29 Å². The summed E-state index contributed by atoms with van der Waals surface area (Å²) in [5.41, 5.74) is 0.641. The number of sulfonamides is 1. The van der Waals surface area contributed by atoms with E-state index < -0.39 is 27.7 Å². The molecule has 0 saturated carbocycles. The van der Waals surface area contributed by atoms with Gasteiger partial charge in [-0.15, -0.1) is 11.3 Å². The maximum absolute atomic E-state index is 13.8. The normalized spacial score (nSPS) is 17.7. The summed E-state index contributed by atoms with van der Waals surface area (Å²) in [6, 6.07) is 7.39. The van der Waals surface area contributed by atoms with Crippen molar-refractivity contribution in [3.63, 3.8) is 0 Å². The number of halogens is 1. The first-order chi connectivity index (χ1) is 14.3. The lowest BCUT2D eigenvalue weighted by Gasteiger charge is -2.30. The lowest BCUT2D eigenvalue weighted by molar-refractivity contribution is -0.120. The fourth-order valence-electron chi connectivity index (χ4n) is 3.28. The number of aromatic nitrogens is 2. The Balaban J connectivity index is 1.49. The van der Waals surface area contributed by atoms with Gasteiger partial charge in [0.15, 0.2) is 0 Å². The summed E-state index contributed by atoms with van der Waals surface area (Å²) < 4.78 is 46.4. The van der Waals surface area contributed by atoms with Crippen molar-refractivity contribution in [3.8, 4) is 11.4 Å². The van der Waals surface area contributed by atoms with Crippen LogP contribution in [-0.2, 0) is 14.8 Å². The summed E-state index contributed by atoms with van der Waals surface area (Å²) in [4.78, 5) is 16.7. The van der Waals surface area contributed by atoms with Crippen LogP contribution < -0.4 is 5.32 Å². The minimum atomic E-state index is -3.78. The zero-order chi connectivity index (χ0) is 21.3. The highest BCUT2D eigenvalue weighted by molar-refractivity contribution is 7.91. The second kappa shape index (κ2) is 8.25. The molecule has 3 heterocycles. The molecule has 8 nitrogen and oxygen atoms in total. The van der Waals surface area contributed by atoms with Gasteiger partial charge in [-0.05, 0) is 31.0 Å². The topological polar surface area (TPSA) is 105 Å². The van der Waals surface area contributed by atoms with Gasteiger partial charge in [-0.1, -0.05) is 17.3 Å². The molecule has 1 aromatic carbocycles. The second-order valence-electron chi connectivity index (χ2n) is 6.96. The first-order valence-corrected chi connectivity index (χ1v) is 11.6. The molecule has 0 radical (unpaired) electrons. The van der Waals surface area contributed by atoms with Crippen LogP contribution in [0, 0.1) is 18.7 Å². The van der Waals surface area contributed by atoms with Gasteiger partial charge in [0.2, 0.25) is 17.6 Å². The first-order valence-electron chi connectivity index (χ1n) is 9.29. The van der Waals surface area contributed by atoms with Crippen molar-refractivity contribution in [1.82, 2.24) is 14.4 Å². The summed E-state index contributed by atoms with van der Waals surface area (Å²) in [6.07, 6.45) is 1.07. The van der Waals surface area contributed by atoms with Gasteiger partial charge < -0.3 is 9.84 Å². The summed E-state index contributed by atoms with van der Waals surface area (Å²) >= 11 is 1.07. The van der Waals surface area contributed by atoms with Crippen LogP contribution in [0.1, 0.15) is 18.7 Å². The van der Waals surface area contributed by atoms with Crippen molar-refractivity contribution in [2.24, 2.45) is 5.92 Å². The van der Waals surface area contributed by atoms with Crippen molar-refractivity contribution in [2.45, 2.75) is 24.0 Å². The zero-order valence-corrected chi connectivity index (χ0v) is 17.7. The number of carbonyl (C=O) groups is 1. The lowest BCUT2D eigenvalue weighted by atomic mass is 9.98. The van der Waals surface area contributed by atoms with E-state index in [9.17, 15) is 17.6 Å². The van der Waals surface area contributed by atoms with Gasteiger partial charge >= 0.3 is 0 Å². The molecule has 1 fully saturated rings. The van der Waals surface area contributed by atoms with Crippen molar-refractivity contribution in [1.29, 1.82) is 0 Å². The van der Waals surface area contributed by atoms with Gasteiger partial charge in [0.1, 0.15) is 10.0 Å². The monoisotopic (exact) mass is 450 g/mol. The number of hydrogen-bond acceptors (Lipinski definition) is 7. The molecule has 4 rings (SSSR count). The highest BCUT2D eigenvalue weighted by Gasteiger charge is 2.34. The molecular weight excluding hydrogens is 431 g/mol. The molecule has 0 unspecified atom stereocenters. The van der Waals surface area contributed by atoms with Crippen molar-refractivity contribution < 1.29 is 22.1 Å². The molecule has 3 aromatic rings. The lowest BCUT2D eigenvalue weighted by Crippen LogP contribution is -2.43. The summed E-state index contributed by atoms with van der Waals surface area (Å²) in [5, 5.41) is 8.02. The molecule has 0 aliphatic carbocycles. The Labute approximate surface area is 176 Å². The van der Waals surface area contributed by atoms with Crippen molar-refractivity contribution in [3.05, 3.63) is 47.4 Å². The van der Waals surface area contributed by atoms with Gasteiger partial charge in [0.05, 0.1) is 11.6 Å². The number of anilines is 1. The van der Waals surface area contributed by atoms with Crippen molar-refractivity contribution >= 4 is 33.0 Å². The molecule has 1 N–H and O–H groups in total. The molecular formula is C19H19FN4O4S2. The van der Waals surface area contributed by atoms with E-state index in [2.05, 4.69) is 15.5 Å². The predicted octanol–water partition coefficient (Wildman–Crippen LogP) is 3.29. The number of nitrogens with zero attached hydrogens (tertiary/aromatic N) is 3. The Morgan fingerprint density at radius 1 is 1.37 bits per heavy atom. The van der Waals surface area contributed by atoms with Gasteiger partial charge in [-0.3, -0.25) is 4.79 Å². The van der Waals surface area contributed by atoms with Crippen LogP contribution in [0.5, 0.6) is 0 Å². The Kier molecular flexibility index (Phi) is 5.67. The molecule has 2 aromatic heterocycles. The van der Waals surface area contributed by atoms with Crippen molar-refractivity contribution in [2.75, 3.05) is 18.4 Å². The molecule has 1 aliphatic heterocycles. The standard InChI is InChI=1S/C19H19FN4O4S2/c1-12-21-18(23-28-12)14-9-17(29-11-14)30(26,27)24-8-4-5-13(10-24)19(25)22-16-7-3-2-6-15(16)20/h2-3,6-7,9,11,13H,4-5,8,10H2,1H3,(H,22,25)/t13-/m1/s1. The molecule has 1 aliphatic rings. The Hall–Kier alpha value is -2.63. The average Bonchev–Trinajstić information content (AvgIpc) is 3.39. The second-order valence-corrected chi connectivity index (χ2v) is 10.0. The Morgan fingerprint density at radius 3 is 2.90 bits per heavy atom. The van der Waals surface area contributed by atoms with Gasteiger partial charge in [-0.25, -0.2) is 12.8 Å². The summed E-state index contributed by atoms with van der Waals surface area (Å²) in [6.45, 7) is 2.01. The smallest absolute Gasteiger partial charge is 0.252 e. The van der Waals surface area contributed by atoms with E-state index >= 15 is 0 Å². The zero-order valence-electron chi connectivity index (χ0n) is 16.0. The van der Waals surface area contributed by atoms with Crippen LogP contribution in [0.15, 0.2) is 44.4 Å². The third kappa shape index (κ3) is 4.13. The third-order valence-corrected chi connectivity index (χ3v) is 8.12. The number of nitrogens with one attached hydrogen (secondary N) is 1. The van der Waals surface area contributed by atoms with E-state index in [0.717, 1.165) is 11.3 Å². The fraction of sp³-hybridized carbons (Fsp3) is 0.316. The minimum Gasteiger partial charge on any atom is -0.339 e.